The van der Waals surface area contributed by atoms with Gasteiger partial charge in [-0.2, -0.15) is 5.10 Å². The Bertz CT molecular complexity index is 886. The van der Waals surface area contributed by atoms with Gasteiger partial charge in [-0.3, -0.25) is 9.48 Å². The number of benzene rings is 2. The Morgan fingerprint density at radius 3 is 2.60 bits per heavy atom. The number of aliphatic hydroxyl groups excluding tert-OH is 1. The van der Waals surface area contributed by atoms with Gasteiger partial charge in [-0.25, -0.2) is 0 Å². The molecule has 5 heteroatoms. The summed E-state index contributed by atoms with van der Waals surface area (Å²) in [6.07, 6.45) is 1.90. The number of rotatable bonds is 5. The summed E-state index contributed by atoms with van der Waals surface area (Å²) in [4.78, 5) is 12.1. The number of nitrogens with zero attached hydrogens (tertiary/aromatic N) is 2. The number of aryl methyl sites for hydroxylation is 2. The van der Waals surface area contributed by atoms with E-state index in [-0.39, 0.29) is 0 Å². The third kappa shape index (κ3) is 4.14. The lowest BCUT2D eigenvalue weighted by atomic mass is 10.0. The first-order chi connectivity index (χ1) is 12.0. The maximum atomic E-state index is 12.1. The Balaban J connectivity index is 1.67. The van der Waals surface area contributed by atoms with E-state index in [0.717, 1.165) is 16.7 Å². The zero-order valence-corrected chi connectivity index (χ0v) is 14.3. The van der Waals surface area contributed by atoms with Gasteiger partial charge in [0.2, 0.25) is 0 Å². The topological polar surface area (TPSA) is 67.2 Å². The second-order valence-electron chi connectivity index (χ2n) is 6.14. The summed E-state index contributed by atoms with van der Waals surface area (Å²) >= 11 is 0. The molecule has 0 aliphatic heterocycles. The molecular weight excluding hydrogens is 314 g/mol. The van der Waals surface area contributed by atoms with Crippen molar-refractivity contribution in [3.05, 3.63) is 77.6 Å². The van der Waals surface area contributed by atoms with Gasteiger partial charge in [-0.05, 0) is 29.7 Å². The number of nitrogens with one attached hydrogen (secondary N) is 1. The first-order valence-corrected chi connectivity index (χ1v) is 8.13. The fraction of sp³-hybridized carbons (Fsp3) is 0.200. The maximum absolute atomic E-state index is 12.1. The van der Waals surface area contributed by atoms with E-state index in [9.17, 15) is 9.90 Å². The maximum Gasteiger partial charge on any atom is 0.253 e. The van der Waals surface area contributed by atoms with E-state index in [1.165, 1.54) is 11.8 Å². The smallest absolute Gasteiger partial charge is 0.253 e. The Morgan fingerprint density at radius 1 is 1.20 bits per heavy atom. The van der Waals surface area contributed by atoms with Crippen LogP contribution in [-0.2, 0) is 18.4 Å². The van der Waals surface area contributed by atoms with Gasteiger partial charge in [0, 0.05) is 25.4 Å². The van der Waals surface area contributed by atoms with Crippen LogP contribution in [0.5, 0.6) is 0 Å². The van der Waals surface area contributed by atoms with Crippen molar-refractivity contribution < 1.29 is 9.90 Å². The van der Waals surface area contributed by atoms with Crippen LogP contribution in [0.2, 0.25) is 0 Å². The molecule has 1 heterocycles. The van der Waals surface area contributed by atoms with Crippen molar-refractivity contribution in [3.63, 3.8) is 0 Å². The zero-order chi connectivity index (χ0) is 17.8. The van der Waals surface area contributed by atoms with Crippen molar-refractivity contribution in [2.24, 2.45) is 7.05 Å². The summed E-state index contributed by atoms with van der Waals surface area (Å²) in [7, 11) is 1.74. The third-order valence-electron chi connectivity index (χ3n) is 4.03. The van der Waals surface area contributed by atoms with Gasteiger partial charge in [-0.1, -0.05) is 48.0 Å². The van der Waals surface area contributed by atoms with Crippen molar-refractivity contribution in [1.29, 1.82) is 0 Å². The zero-order valence-electron chi connectivity index (χ0n) is 14.3. The molecule has 3 aromatic rings. The molecule has 0 aliphatic carbocycles. The van der Waals surface area contributed by atoms with Crippen LogP contribution in [0, 0.1) is 6.92 Å². The average molecular weight is 335 g/mol. The van der Waals surface area contributed by atoms with Crippen LogP contribution in [0.25, 0.3) is 11.1 Å². The molecule has 0 radical (unpaired) electrons. The Hall–Kier alpha value is -2.92. The van der Waals surface area contributed by atoms with Crippen molar-refractivity contribution in [3.8, 4) is 11.1 Å². The van der Waals surface area contributed by atoms with E-state index in [1.54, 1.807) is 17.9 Å². The second kappa shape index (κ2) is 7.32. The van der Waals surface area contributed by atoms with E-state index in [4.69, 9.17) is 0 Å². The molecule has 0 saturated heterocycles. The standard InChI is InChI=1S/C20H21N3O2/c1-14-5-3-7-16(9-14)17-8-4-6-15(10-17)11-21-20(25)19(24)18-12-22-23(2)13-18/h3-10,12-13,19,24H,11H2,1-2H3,(H,21,25)/t19-/m1/s1. The summed E-state index contributed by atoms with van der Waals surface area (Å²) in [5.74, 6) is -0.436. The molecule has 1 aromatic heterocycles. The quantitative estimate of drug-likeness (QED) is 0.753. The van der Waals surface area contributed by atoms with Gasteiger partial charge < -0.3 is 10.4 Å². The van der Waals surface area contributed by atoms with Crippen LogP contribution >= 0.6 is 0 Å². The number of hydrogen-bond acceptors (Lipinski definition) is 3. The Morgan fingerprint density at radius 2 is 1.92 bits per heavy atom. The minimum Gasteiger partial charge on any atom is -0.378 e. The molecule has 0 saturated carbocycles. The molecule has 2 aromatic carbocycles. The third-order valence-corrected chi connectivity index (χ3v) is 4.03. The van der Waals surface area contributed by atoms with Gasteiger partial charge in [0.15, 0.2) is 6.10 Å². The number of aromatic nitrogens is 2. The van der Waals surface area contributed by atoms with Gasteiger partial charge in [0.1, 0.15) is 0 Å². The van der Waals surface area contributed by atoms with Crippen LogP contribution in [0.1, 0.15) is 22.8 Å². The summed E-state index contributed by atoms with van der Waals surface area (Å²) in [6, 6.07) is 16.3. The second-order valence-corrected chi connectivity index (χ2v) is 6.14. The molecule has 0 unspecified atom stereocenters. The summed E-state index contributed by atoms with van der Waals surface area (Å²) in [5, 5.41) is 16.8. The van der Waals surface area contributed by atoms with Crippen molar-refractivity contribution >= 4 is 5.91 Å². The van der Waals surface area contributed by atoms with Crippen LogP contribution in [0.15, 0.2) is 60.9 Å². The van der Waals surface area contributed by atoms with Gasteiger partial charge >= 0.3 is 0 Å². The highest BCUT2D eigenvalue weighted by atomic mass is 16.3. The van der Waals surface area contributed by atoms with E-state index >= 15 is 0 Å². The number of hydrogen-bond donors (Lipinski definition) is 2. The van der Waals surface area contributed by atoms with Crippen LogP contribution in [0.3, 0.4) is 0 Å². The number of carbonyl (C=O) groups excluding carboxylic acids is 1. The fourth-order valence-electron chi connectivity index (χ4n) is 2.70. The van der Waals surface area contributed by atoms with E-state index in [2.05, 4.69) is 35.5 Å². The largest absolute Gasteiger partial charge is 0.378 e. The monoisotopic (exact) mass is 335 g/mol. The highest BCUT2D eigenvalue weighted by Gasteiger charge is 2.18. The molecule has 25 heavy (non-hydrogen) atoms. The number of aliphatic hydroxyl groups is 1. The molecule has 5 nitrogen and oxygen atoms in total. The minimum atomic E-state index is -1.21. The molecule has 0 fully saturated rings. The molecule has 1 atom stereocenters. The molecule has 3 rings (SSSR count). The first kappa shape index (κ1) is 16.9. The summed E-state index contributed by atoms with van der Waals surface area (Å²) < 4.78 is 1.55. The van der Waals surface area contributed by atoms with Crippen molar-refractivity contribution in [1.82, 2.24) is 15.1 Å². The first-order valence-electron chi connectivity index (χ1n) is 8.13. The van der Waals surface area contributed by atoms with Gasteiger partial charge in [-0.15, -0.1) is 0 Å². The predicted octanol–water partition coefficient (Wildman–Crippen LogP) is 2.75. The van der Waals surface area contributed by atoms with Crippen LogP contribution in [0.4, 0.5) is 0 Å². The SMILES string of the molecule is Cc1cccc(-c2cccc(CNC(=O)[C@H](O)c3cnn(C)c3)c2)c1. The molecule has 0 bridgehead atoms. The van der Waals surface area contributed by atoms with Gasteiger partial charge in [0.25, 0.3) is 5.91 Å². The summed E-state index contributed by atoms with van der Waals surface area (Å²) in [5.41, 5.74) is 4.90. The van der Waals surface area contributed by atoms with Crippen LogP contribution in [-0.4, -0.2) is 20.8 Å². The number of amides is 1. The molecule has 1 amide bonds. The predicted molar refractivity (Wildman–Crippen MR) is 96.6 cm³/mol. The lowest BCUT2D eigenvalue weighted by molar-refractivity contribution is -0.129. The summed E-state index contributed by atoms with van der Waals surface area (Å²) in [6.45, 7) is 2.42. The number of carbonyl (C=O) groups is 1. The lowest BCUT2D eigenvalue weighted by Crippen LogP contribution is -2.28. The Kier molecular flexibility index (Phi) is 4.95. The highest BCUT2D eigenvalue weighted by molar-refractivity contribution is 5.81. The van der Waals surface area contributed by atoms with E-state index in [0.29, 0.717) is 12.1 Å². The lowest BCUT2D eigenvalue weighted by Gasteiger charge is -2.11. The molecule has 2 N–H and O–H groups in total. The molecule has 0 aliphatic rings. The normalized spacial score (nSPS) is 12.0. The molecule has 0 spiro atoms. The minimum absolute atomic E-state index is 0.357. The fourth-order valence-corrected chi connectivity index (χ4v) is 2.70. The molecule has 128 valence electrons. The highest BCUT2D eigenvalue weighted by Crippen LogP contribution is 2.21. The van der Waals surface area contributed by atoms with Crippen LogP contribution < -0.4 is 5.32 Å². The van der Waals surface area contributed by atoms with Gasteiger partial charge in [0.05, 0.1) is 6.20 Å². The molecular formula is C20H21N3O2. The van der Waals surface area contributed by atoms with Crippen molar-refractivity contribution in [2.45, 2.75) is 19.6 Å². The average Bonchev–Trinajstić information content (AvgIpc) is 3.05. The van der Waals surface area contributed by atoms with E-state index < -0.39 is 12.0 Å². The van der Waals surface area contributed by atoms with E-state index in [1.807, 2.05) is 30.3 Å². The Labute approximate surface area is 146 Å². The van der Waals surface area contributed by atoms with Crippen molar-refractivity contribution in [2.75, 3.05) is 0 Å².